The van der Waals surface area contributed by atoms with Gasteiger partial charge in [-0.15, -0.1) is 5.10 Å². The number of hydrazine groups is 1. The van der Waals surface area contributed by atoms with Crippen LogP contribution in [0.4, 0.5) is 0 Å². The van der Waals surface area contributed by atoms with E-state index < -0.39 is 0 Å². The molecular weight excluding hydrogens is 206 g/mol. The van der Waals surface area contributed by atoms with E-state index >= 15 is 0 Å². The summed E-state index contributed by atoms with van der Waals surface area (Å²) in [6.45, 7) is 2.70. The fraction of sp³-hybridized carbons (Fsp3) is 0.800. The topological polar surface area (TPSA) is 78.0 Å². The molecule has 16 heavy (non-hydrogen) atoms. The Bertz CT molecular complexity index is 336. The van der Waals surface area contributed by atoms with Gasteiger partial charge in [0, 0.05) is 13.7 Å². The number of ether oxygens (including phenoxy) is 1. The van der Waals surface area contributed by atoms with Gasteiger partial charge in [-0.25, -0.2) is 5.43 Å². The van der Waals surface area contributed by atoms with Crippen molar-refractivity contribution >= 4 is 0 Å². The third-order valence-corrected chi connectivity index (χ3v) is 3.02. The molecule has 2 unspecified atom stereocenters. The van der Waals surface area contributed by atoms with E-state index in [2.05, 4.69) is 15.7 Å². The van der Waals surface area contributed by atoms with E-state index in [0.717, 1.165) is 5.69 Å². The van der Waals surface area contributed by atoms with Crippen LogP contribution in [0.3, 0.4) is 0 Å². The molecule has 0 saturated heterocycles. The van der Waals surface area contributed by atoms with Gasteiger partial charge in [-0.2, -0.15) is 0 Å². The highest BCUT2D eigenvalue weighted by molar-refractivity contribution is 5.07. The Hall–Kier alpha value is -0.980. The number of aryl methyl sites for hydroxylation is 1. The second-order valence-corrected chi connectivity index (χ2v) is 4.18. The molecule has 0 amide bonds. The maximum absolute atomic E-state index is 5.79. The van der Waals surface area contributed by atoms with Crippen LogP contribution in [0.2, 0.25) is 0 Å². The van der Waals surface area contributed by atoms with Gasteiger partial charge < -0.3 is 4.74 Å². The Morgan fingerprint density at radius 3 is 2.88 bits per heavy atom. The number of nitrogens with one attached hydrogen (secondary N) is 1. The van der Waals surface area contributed by atoms with Gasteiger partial charge in [0.1, 0.15) is 0 Å². The number of rotatable bonds is 6. The van der Waals surface area contributed by atoms with Crippen molar-refractivity contribution in [1.82, 2.24) is 20.4 Å². The summed E-state index contributed by atoms with van der Waals surface area (Å²) in [5, 5.41) is 7.80. The first-order valence-electron chi connectivity index (χ1n) is 5.70. The Balaban J connectivity index is 2.16. The summed E-state index contributed by atoms with van der Waals surface area (Å²) < 4.78 is 7.52. The van der Waals surface area contributed by atoms with Gasteiger partial charge >= 0.3 is 0 Å². The monoisotopic (exact) mass is 225 g/mol. The minimum Gasteiger partial charge on any atom is -0.376 e. The second-order valence-electron chi connectivity index (χ2n) is 4.18. The van der Waals surface area contributed by atoms with Crippen LogP contribution in [0.25, 0.3) is 0 Å². The highest BCUT2D eigenvalue weighted by Crippen LogP contribution is 2.39. The summed E-state index contributed by atoms with van der Waals surface area (Å²) in [4.78, 5) is 0. The Labute approximate surface area is 95.1 Å². The molecule has 1 aliphatic carbocycles. The van der Waals surface area contributed by atoms with E-state index in [1.807, 2.05) is 14.0 Å². The molecule has 0 bridgehead atoms. The molecule has 3 N–H and O–H groups in total. The normalized spacial score (nSPS) is 19.7. The van der Waals surface area contributed by atoms with Crippen LogP contribution in [-0.2, 0) is 11.8 Å². The van der Waals surface area contributed by atoms with Crippen LogP contribution in [-0.4, -0.2) is 27.7 Å². The Morgan fingerprint density at radius 1 is 1.69 bits per heavy atom. The predicted molar refractivity (Wildman–Crippen MR) is 59.2 cm³/mol. The maximum Gasteiger partial charge on any atom is 0.0909 e. The quantitative estimate of drug-likeness (QED) is 0.531. The Kier molecular flexibility index (Phi) is 3.52. The molecule has 1 aromatic heterocycles. The van der Waals surface area contributed by atoms with E-state index in [1.54, 1.807) is 10.9 Å². The zero-order valence-electron chi connectivity index (χ0n) is 9.76. The van der Waals surface area contributed by atoms with Gasteiger partial charge in [-0.1, -0.05) is 5.21 Å². The van der Waals surface area contributed by atoms with Gasteiger partial charge in [0.05, 0.1) is 24.0 Å². The fourth-order valence-electron chi connectivity index (χ4n) is 2.05. The molecule has 1 aliphatic rings. The molecule has 1 aromatic rings. The molecule has 1 saturated carbocycles. The third kappa shape index (κ3) is 2.23. The lowest BCUT2D eigenvalue weighted by molar-refractivity contribution is 0.0165. The molecule has 0 aromatic carbocycles. The molecule has 90 valence electrons. The summed E-state index contributed by atoms with van der Waals surface area (Å²) in [5.74, 6) is 6.24. The largest absolute Gasteiger partial charge is 0.376 e. The van der Waals surface area contributed by atoms with Gasteiger partial charge in [0.15, 0.2) is 0 Å². The van der Waals surface area contributed by atoms with Gasteiger partial charge in [0.2, 0.25) is 0 Å². The first-order chi connectivity index (χ1) is 7.77. The average Bonchev–Trinajstić information content (AvgIpc) is 3.03. The van der Waals surface area contributed by atoms with Crippen LogP contribution >= 0.6 is 0 Å². The van der Waals surface area contributed by atoms with Crippen LogP contribution in [0.5, 0.6) is 0 Å². The van der Waals surface area contributed by atoms with Crippen molar-refractivity contribution in [2.24, 2.45) is 18.8 Å². The molecule has 0 spiro atoms. The van der Waals surface area contributed by atoms with E-state index in [0.29, 0.717) is 12.5 Å². The summed E-state index contributed by atoms with van der Waals surface area (Å²) in [6, 6.07) is -0.0348. The van der Waals surface area contributed by atoms with Gasteiger partial charge in [0.25, 0.3) is 0 Å². The number of hydrogen-bond acceptors (Lipinski definition) is 5. The molecule has 1 fully saturated rings. The minimum absolute atomic E-state index is 0.0348. The molecule has 0 radical (unpaired) electrons. The van der Waals surface area contributed by atoms with Crippen molar-refractivity contribution in [3.05, 3.63) is 11.9 Å². The highest BCUT2D eigenvalue weighted by atomic mass is 16.5. The van der Waals surface area contributed by atoms with E-state index in [-0.39, 0.29) is 12.1 Å². The zero-order valence-corrected chi connectivity index (χ0v) is 9.76. The first kappa shape index (κ1) is 11.5. The van der Waals surface area contributed by atoms with Gasteiger partial charge in [-0.05, 0) is 25.7 Å². The van der Waals surface area contributed by atoms with E-state index in [1.165, 1.54) is 12.8 Å². The molecule has 6 nitrogen and oxygen atoms in total. The van der Waals surface area contributed by atoms with Crippen LogP contribution < -0.4 is 11.3 Å². The van der Waals surface area contributed by atoms with Crippen molar-refractivity contribution in [1.29, 1.82) is 0 Å². The Morgan fingerprint density at radius 2 is 2.44 bits per heavy atom. The van der Waals surface area contributed by atoms with Crippen molar-refractivity contribution in [2.75, 3.05) is 6.61 Å². The smallest absolute Gasteiger partial charge is 0.0909 e. The first-order valence-corrected chi connectivity index (χ1v) is 5.70. The van der Waals surface area contributed by atoms with Crippen LogP contribution in [0, 0.1) is 5.92 Å². The zero-order chi connectivity index (χ0) is 11.5. The van der Waals surface area contributed by atoms with Gasteiger partial charge in [-0.3, -0.25) is 10.5 Å². The molecule has 6 heteroatoms. The summed E-state index contributed by atoms with van der Waals surface area (Å²) >= 11 is 0. The summed E-state index contributed by atoms with van der Waals surface area (Å²) in [6.07, 6.45) is 4.29. The maximum atomic E-state index is 5.79. The van der Waals surface area contributed by atoms with E-state index in [9.17, 15) is 0 Å². The van der Waals surface area contributed by atoms with Crippen LogP contribution in [0.15, 0.2) is 6.20 Å². The third-order valence-electron chi connectivity index (χ3n) is 3.02. The number of hydrogen-bond donors (Lipinski definition) is 2. The second kappa shape index (κ2) is 4.90. The number of nitrogens with zero attached hydrogens (tertiary/aromatic N) is 3. The summed E-state index contributed by atoms with van der Waals surface area (Å²) in [7, 11) is 1.86. The minimum atomic E-state index is -0.0348. The average molecular weight is 225 g/mol. The van der Waals surface area contributed by atoms with Crippen molar-refractivity contribution in [3.8, 4) is 0 Å². The molecule has 2 rings (SSSR count). The fourth-order valence-corrected chi connectivity index (χ4v) is 2.05. The molecule has 0 aliphatic heterocycles. The lowest BCUT2D eigenvalue weighted by Gasteiger charge is -2.26. The lowest BCUT2D eigenvalue weighted by Crippen LogP contribution is -2.40. The van der Waals surface area contributed by atoms with Crippen molar-refractivity contribution < 1.29 is 4.74 Å². The molecule has 2 atom stereocenters. The predicted octanol–water partition coefficient (Wildman–Crippen LogP) is 0.135. The lowest BCUT2D eigenvalue weighted by atomic mass is 10.0. The van der Waals surface area contributed by atoms with Crippen molar-refractivity contribution in [2.45, 2.75) is 31.9 Å². The van der Waals surface area contributed by atoms with Crippen molar-refractivity contribution in [3.63, 3.8) is 0 Å². The van der Waals surface area contributed by atoms with E-state index in [4.69, 9.17) is 10.6 Å². The standard InChI is InChI=1S/C10H19N5O/c1-3-16-10(7-4-5-7)9(13-11)8-6-12-14-15(8)2/h6-7,9-10,13H,3-5,11H2,1-2H3. The van der Waals surface area contributed by atoms with Crippen LogP contribution in [0.1, 0.15) is 31.5 Å². The highest BCUT2D eigenvalue weighted by Gasteiger charge is 2.38. The summed E-state index contributed by atoms with van der Waals surface area (Å²) in [5.41, 5.74) is 3.79. The SMILES string of the molecule is CCOC(C1CC1)C(NN)c1cnnn1C. The number of nitrogens with two attached hydrogens (primary N) is 1. The molecular formula is C10H19N5O. The molecule has 1 heterocycles. The number of aromatic nitrogens is 3.